The van der Waals surface area contributed by atoms with Crippen LogP contribution in [0.1, 0.15) is 29.8 Å². The third-order valence-corrected chi connectivity index (χ3v) is 4.95. The molecule has 0 aliphatic rings. The number of nitrogens with one attached hydrogen (secondary N) is 2. The molecule has 0 saturated heterocycles. The molecule has 0 radical (unpaired) electrons. The van der Waals surface area contributed by atoms with Crippen LogP contribution in [-0.2, 0) is 14.6 Å². The lowest BCUT2D eigenvalue weighted by Gasteiger charge is -2.18. The minimum atomic E-state index is -3.40. The molecule has 9 heteroatoms. The zero-order valence-corrected chi connectivity index (χ0v) is 17.7. The van der Waals surface area contributed by atoms with E-state index < -0.39 is 21.3 Å². The van der Waals surface area contributed by atoms with Crippen LogP contribution in [0, 0.1) is 6.92 Å². The highest BCUT2D eigenvalue weighted by molar-refractivity contribution is 7.90. The van der Waals surface area contributed by atoms with E-state index in [1.54, 1.807) is 39.0 Å². The van der Waals surface area contributed by atoms with Crippen molar-refractivity contribution >= 4 is 45.4 Å². The van der Waals surface area contributed by atoms with Gasteiger partial charge in [0.1, 0.15) is 0 Å². The molecular weight excluding hydrogens is 402 g/mol. The average molecular weight is 426 g/mol. The van der Waals surface area contributed by atoms with E-state index >= 15 is 0 Å². The SMILES string of the molecule is Cc1cc(NC(=O)C(C)(C)N)ccc1NC(=O)c1cccc(S(C)(=O)=O)c1.Cl. The van der Waals surface area contributed by atoms with Gasteiger partial charge in [0.25, 0.3) is 5.91 Å². The molecular formula is C19H24ClN3O4S. The number of hydrogen-bond donors (Lipinski definition) is 3. The first-order valence-electron chi connectivity index (χ1n) is 8.20. The van der Waals surface area contributed by atoms with Gasteiger partial charge < -0.3 is 16.4 Å². The van der Waals surface area contributed by atoms with Crippen molar-refractivity contribution in [1.29, 1.82) is 0 Å². The van der Waals surface area contributed by atoms with Crippen LogP contribution in [0.5, 0.6) is 0 Å². The number of rotatable bonds is 5. The first kappa shape index (κ1) is 23.6. The standard InChI is InChI=1S/C19H23N3O4S.ClH/c1-12-10-14(21-18(24)19(2,3)20)8-9-16(12)22-17(23)13-6-5-7-15(11-13)27(4,25)26;/h5-11H,20H2,1-4H3,(H,21,24)(H,22,23);1H. The number of sulfone groups is 1. The van der Waals surface area contributed by atoms with E-state index in [-0.39, 0.29) is 28.8 Å². The summed E-state index contributed by atoms with van der Waals surface area (Å²) in [5.41, 5.74) is 6.83. The number of hydrogen-bond acceptors (Lipinski definition) is 5. The number of nitrogens with two attached hydrogens (primary N) is 1. The van der Waals surface area contributed by atoms with Crippen molar-refractivity contribution < 1.29 is 18.0 Å². The third kappa shape index (κ3) is 6.05. The molecule has 2 aromatic carbocycles. The summed E-state index contributed by atoms with van der Waals surface area (Å²) in [4.78, 5) is 24.5. The number of amides is 2. The molecule has 0 heterocycles. The molecule has 0 saturated carbocycles. The Kier molecular flexibility index (Phi) is 7.36. The Labute approximate surface area is 171 Å². The first-order valence-corrected chi connectivity index (χ1v) is 10.1. The van der Waals surface area contributed by atoms with Crippen LogP contribution in [0.2, 0.25) is 0 Å². The topological polar surface area (TPSA) is 118 Å². The molecule has 0 aliphatic heterocycles. The van der Waals surface area contributed by atoms with Crippen molar-refractivity contribution in [2.75, 3.05) is 16.9 Å². The van der Waals surface area contributed by atoms with Crippen molar-refractivity contribution in [1.82, 2.24) is 0 Å². The van der Waals surface area contributed by atoms with Crippen LogP contribution in [0.3, 0.4) is 0 Å². The Balaban J connectivity index is 0.00000392. The summed E-state index contributed by atoms with van der Waals surface area (Å²) in [6.07, 6.45) is 1.09. The van der Waals surface area contributed by atoms with Crippen molar-refractivity contribution in [2.24, 2.45) is 5.73 Å². The van der Waals surface area contributed by atoms with Gasteiger partial charge >= 0.3 is 0 Å². The fraction of sp³-hybridized carbons (Fsp3) is 0.263. The molecule has 0 atom stereocenters. The van der Waals surface area contributed by atoms with E-state index in [0.717, 1.165) is 11.8 Å². The van der Waals surface area contributed by atoms with Gasteiger partial charge in [0.2, 0.25) is 5.91 Å². The van der Waals surface area contributed by atoms with Crippen molar-refractivity contribution in [2.45, 2.75) is 31.2 Å². The maximum absolute atomic E-state index is 12.4. The maximum atomic E-state index is 12.4. The quantitative estimate of drug-likeness (QED) is 0.680. The largest absolute Gasteiger partial charge is 0.324 e. The summed E-state index contributed by atoms with van der Waals surface area (Å²) in [5.74, 6) is -0.750. The normalized spacial score (nSPS) is 11.3. The summed E-state index contributed by atoms with van der Waals surface area (Å²) < 4.78 is 23.3. The maximum Gasteiger partial charge on any atom is 0.255 e. The molecule has 2 amide bonds. The van der Waals surface area contributed by atoms with Crippen LogP contribution in [0.25, 0.3) is 0 Å². The molecule has 0 fully saturated rings. The van der Waals surface area contributed by atoms with Crippen LogP contribution in [-0.4, -0.2) is 32.0 Å². The molecule has 0 bridgehead atoms. The van der Waals surface area contributed by atoms with E-state index in [9.17, 15) is 18.0 Å². The second kappa shape index (κ2) is 8.72. The van der Waals surface area contributed by atoms with Gasteiger partial charge in [0, 0.05) is 23.2 Å². The van der Waals surface area contributed by atoms with Gasteiger partial charge in [-0.3, -0.25) is 9.59 Å². The minimum absolute atomic E-state index is 0. The Morgan fingerprint density at radius 3 is 2.21 bits per heavy atom. The first-order chi connectivity index (χ1) is 12.4. The molecule has 28 heavy (non-hydrogen) atoms. The Morgan fingerprint density at radius 2 is 1.68 bits per heavy atom. The van der Waals surface area contributed by atoms with Gasteiger partial charge in [-0.15, -0.1) is 12.4 Å². The van der Waals surface area contributed by atoms with E-state index in [2.05, 4.69) is 10.6 Å². The van der Waals surface area contributed by atoms with Crippen LogP contribution in [0.4, 0.5) is 11.4 Å². The van der Waals surface area contributed by atoms with Gasteiger partial charge in [-0.05, 0) is 62.7 Å². The Bertz CT molecular complexity index is 998. The zero-order valence-electron chi connectivity index (χ0n) is 16.1. The van der Waals surface area contributed by atoms with Crippen LogP contribution < -0.4 is 16.4 Å². The van der Waals surface area contributed by atoms with Crippen molar-refractivity contribution in [3.63, 3.8) is 0 Å². The van der Waals surface area contributed by atoms with Crippen molar-refractivity contribution in [3.8, 4) is 0 Å². The molecule has 4 N–H and O–H groups in total. The number of halogens is 1. The highest BCUT2D eigenvalue weighted by atomic mass is 35.5. The van der Waals surface area contributed by atoms with Crippen molar-refractivity contribution in [3.05, 3.63) is 53.6 Å². The molecule has 152 valence electrons. The molecule has 0 aromatic heterocycles. The second-order valence-corrected chi connectivity index (χ2v) is 8.98. The minimum Gasteiger partial charge on any atom is -0.324 e. The lowest BCUT2D eigenvalue weighted by Crippen LogP contribution is -2.45. The molecule has 0 aliphatic carbocycles. The highest BCUT2D eigenvalue weighted by Gasteiger charge is 2.22. The van der Waals surface area contributed by atoms with E-state index in [4.69, 9.17) is 5.73 Å². The monoisotopic (exact) mass is 425 g/mol. The zero-order chi connectivity index (χ0) is 20.4. The second-order valence-electron chi connectivity index (χ2n) is 6.96. The van der Waals surface area contributed by atoms with Gasteiger partial charge in [0.15, 0.2) is 9.84 Å². The van der Waals surface area contributed by atoms with Gasteiger partial charge in [-0.25, -0.2) is 8.42 Å². The fourth-order valence-corrected chi connectivity index (χ4v) is 2.90. The molecule has 7 nitrogen and oxygen atoms in total. The molecule has 2 aromatic rings. The highest BCUT2D eigenvalue weighted by Crippen LogP contribution is 2.21. The average Bonchev–Trinajstić information content (AvgIpc) is 2.55. The molecule has 0 unspecified atom stereocenters. The number of anilines is 2. The Morgan fingerprint density at radius 1 is 1.04 bits per heavy atom. The summed E-state index contributed by atoms with van der Waals surface area (Å²) >= 11 is 0. The smallest absolute Gasteiger partial charge is 0.255 e. The van der Waals surface area contributed by atoms with E-state index in [1.807, 2.05) is 0 Å². The van der Waals surface area contributed by atoms with Gasteiger partial charge in [-0.1, -0.05) is 6.07 Å². The van der Waals surface area contributed by atoms with Crippen LogP contribution in [0.15, 0.2) is 47.4 Å². The lowest BCUT2D eigenvalue weighted by atomic mass is 10.1. The third-order valence-electron chi connectivity index (χ3n) is 3.84. The summed E-state index contributed by atoms with van der Waals surface area (Å²) in [7, 11) is -3.40. The van der Waals surface area contributed by atoms with Crippen LogP contribution >= 0.6 is 12.4 Å². The fourth-order valence-electron chi connectivity index (χ4n) is 2.24. The summed E-state index contributed by atoms with van der Waals surface area (Å²) in [5, 5.41) is 5.46. The van der Waals surface area contributed by atoms with E-state index in [1.165, 1.54) is 24.3 Å². The predicted molar refractivity (Wildman–Crippen MR) is 113 cm³/mol. The number of carbonyl (C=O) groups is 2. The number of carbonyl (C=O) groups excluding carboxylic acids is 2. The summed E-state index contributed by atoms with van der Waals surface area (Å²) in [6, 6.07) is 10.9. The molecule has 0 spiro atoms. The number of benzene rings is 2. The number of aryl methyl sites for hydroxylation is 1. The van der Waals surface area contributed by atoms with E-state index in [0.29, 0.717) is 11.4 Å². The molecule has 2 rings (SSSR count). The van der Waals surface area contributed by atoms with Gasteiger partial charge in [-0.2, -0.15) is 0 Å². The predicted octanol–water partition coefficient (Wildman–Crippen LogP) is 2.75. The lowest BCUT2D eigenvalue weighted by molar-refractivity contribution is -0.120. The van der Waals surface area contributed by atoms with Gasteiger partial charge in [0.05, 0.1) is 10.4 Å². The summed E-state index contributed by atoms with van der Waals surface area (Å²) in [6.45, 7) is 4.99. The Hall–Kier alpha value is -2.42.